The largest absolute Gasteiger partial charge is 0.347 e. The van der Waals surface area contributed by atoms with Crippen LogP contribution in [0.4, 0.5) is 5.13 Å². The van der Waals surface area contributed by atoms with Crippen LogP contribution < -0.4 is 4.90 Å². The minimum Gasteiger partial charge on any atom is -0.347 e. The van der Waals surface area contributed by atoms with Crippen molar-refractivity contribution in [3.8, 4) is 0 Å². The number of carbonyl (C=O) groups is 1. The quantitative estimate of drug-likeness (QED) is 0.776. The number of rotatable bonds is 5. The highest BCUT2D eigenvalue weighted by atomic mass is 32.1. The van der Waals surface area contributed by atoms with Gasteiger partial charge in [0.1, 0.15) is 0 Å². The Balaban J connectivity index is 2.16. The van der Waals surface area contributed by atoms with E-state index in [0.717, 1.165) is 40.5 Å². The van der Waals surface area contributed by atoms with Crippen LogP contribution in [0.5, 0.6) is 0 Å². The fraction of sp³-hybridized carbons (Fsp3) is 0.308. The fourth-order valence-corrected chi connectivity index (χ4v) is 2.62. The van der Waals surface area contributed by atoms with E-state index >= 15 is 0 Å². The highest BCUT2D eigenvalue weighted by Crippen LogP contribution is 2.25. The lowest BCUT2D eigenvalue weighted by Crippen LogP contribution is -2.16. The standard InChI is InChI=1S/C13H15N3OS/c1-3-11-12(9-17)18-13(15-11)16(2)8-10-5-4-6-14-7-10/h4-7,9H,3,8H2,1-2H3. The van der Waals surface area contributed by atoms with E-state index in [9.17, 15) is 4.79 Å². The smallest absolute Gasteiger partial charge is 0.186 e. The van der Waals surface area contributed by atoms with Crippen LogP contribution in [0.1, 0.15) is 27.9 Å². The second-order valence-corrected chi connectivity index (χ2v) is 5.01. The second-order valence-electron chi connectivity index (χ2n) is 4.00. The molecule has 0 aliphatic rings. The highest BCUT2D eigenvalue weighted by Gasteiger charge is 2.12. The maximum absolute atomic E-state index is 10.9. The van der Waals surface area contributed by atoms with E-state index in [-0.39, 0.29) is 0 Å². The minimum absolute atomic E-state index is 0.727. The van der Waals surface area contributed by atoms with Crippen LogP contribution in [0.3, 0.4) is 0 Å². The zero-order valence-corrected chi connectivity index (χ0v) is 11.3. The Morgan fingerprint density at radius 2 is 2.33 bits per heavy atom. The number of aryl methyl sites for hydroxylation is 1. The Kier molecular flexibility index (Phi) is 4.04. The topological polar surface area (TPSA) is 46.1 Å². The van der Waals surface area contributed by atoms with Gasteiger partial charge in [0.2, 0.25) is 0 Å². The molecule has 0 aromatic carbocycles. The van der Waals surface area contributed by atoms with Crippen molar-refractivity contribution in [3.05, 3.63) is 40.7 Å². The van der Waals surface area contributed by atoms with Crippen molar-refractivity contribution >= 4 is 22.8 Å². The summed E-state index contributed by atoms with van der Waals surface area (Å²) in [6.45, 7) is 2.75. The van der Waals surface area contributed by atoms with Crippen molar-refractivity contribution in [1.82, 2.24) is 9.97 Å². The average Bonchev–Trinajstić information content (AvgIpc) is 2.83. The van der Waals surface area contributed by atoms with Crippen LogP contribution in [0.2, 0.25) is 0 Å². The van der Waals surface area contributed by atoms with E-state index < -0.39 is 0 Å². The van der Waals surface area contributed by atoms with Gasteiger partial charge in [-0.15, -0.1) is 0 Å². The third-order valence-corrected chi connectivity index (χ3v) is 3.76. The molecule has 94 valence electrons. The molecular weight excluding hydrogens is 246 g/mol. The van der Waals surface area contributed by atoms with Crippen molar-refractivity contribution in [2.45, 2.75) is 19.9 Å². The predicted molar refractivity (Wildman–Crippen MR) is 73.2 cm³/mol. The summed E-state index contributed by atoms with van der Waals surface area (Å²) in [5.41, 5.74) is 2.00. The SMILES string of the molecule is CCc1nc(N(C)Cc2cccnc2)sc1C=O. The molecule has 0 saturated heterocycles. The van der Waals surface area contributed by atoms with Crippen LogP contribution in [-0.4, -0.2) is 23.3 Å². The van der Waals surface area contributed by atoms with Gasteiger partial charge in [0.25, 0.3) is 0 Å². The van der Waals surface area contributed by atoms with Crippen LogP contribution in [0.15, 0.2) is 24.5 Å². The maximum atomic E-state index is 10.9. The molecule has 0 radical (unpaired) electrons. The number of aldehydes is 1. The third kappa shape index (κ3) is 2.73. The van der Waals surface area contributed by atoms with Gasteiger partial charge >= 0.3 is 0 Å². The van der Waals surface area contributed by atoms with Crippen LogP contribution in [0.25, 0.3) is 0 Å². The molecule has 0 amide bonds. The molecule has 0 spiro atoms. The average molecular weight is 261 g/mol. The molecule has 0 saturated carbocycles. The highest BCUT2D eigenvalue weighted by molar-refractivity contribution is 7.17. The first-order valence-corrected chi connectivity index (χ1v) is 6.61. The van der Waals surface area contributed by atoms with Gasteiger partial charge in [-0.2, -0.15) is 0 Å². The molecule has 0 unspecified atom stereocenters. The number of nitrogens with zero attached hydrogens (tertiary/aromatic N) is 3. The summed E-state index contributed by atoms with van der Waals surface area (Å²) in [7, 11) is 1.97. The number of hydrogen-bond acceptors (Lipinski definition) is 5. The van der Waals surface area contributed by atoms with E-state index in [2.05, 4.69) is 9.97 Å². The third-order valence-electron chi connectivity index (χ3n) is 2.63. The lowest BCUT2D eigenvalue weighted by Gasteiger charge is -2.15. The monoisotopic (exact) mass is 261 g/mol. The molecule has 2 aromatic heterocycles. The molecule has 0 bridgehead atoms. The van der Waals surface area contributed by atoms with E-state index in [1.165, 1.54) is 11.3 Å². The normalized spacial score (nSPS) is 10.3. The lowest BCUT2D eigenvalue weighted by molar-refractivity contribution is 0.112. The zero-order valence-electron chi connectivity index (χ0n) is 10.5. The first-order chi connectivity index (χ1) is 8.74. The summed E-state index contributed by atoms with van der Waals surface area (Å²) in [6, 6.07) is 3.94. The molecule has 0 N–H and O–H groups in total. The lowest BCUT2D eigenvalue weighted by atomic mass is 10.3. The molecule has 0 aliphatic carbocycles. The van der Waals surface area contributed by atoms with Crippen LogP contribution in [0, 0.1) is 0 Å². The number of hydrogen-bond donors (Lipinski definition) is 0. The van der Waals surface area contributed by atoms with Crippen molar-refractivity contribution in [3.63, 3.8) is 0 Å². The predicted octanol–water partition coefficient (Wildman–Crippen LogP) is 2.55. The van der Waals surface area contributed by atoms with Gasteiger partial charge < -0.3 is 4.90 Å². The van der Waals surface area contributed by atoms with Gasteiger partial charge in [-0.05, 0) is 18.1 Å². The van der Waals surface area contributed by atoms with Crippen molar-refractivity contribution in [1.29, 1.82) is 0 Å². The van der Waals surface area contributed by atoms with Crippen molar-refractivity contribution < 1.29 is 4.79 Å². The van der Waals surface area contributed by atoms with Crippen LogP contribution in [-0.2, 0) is 13.0 Å². The maximum Gasteiger partial charge on any atom is 0.186 e. The van der Waals surface area contributed by atoms with Crippen molar-refractivity contribution in [2.24, 2.45) is 0 Å². The van der Waals surface area contributed by atoms with Gasteiger partial charge in [0.05, 0.1) is 10.6 Å². The second kappa shape index (κ2) is 5.73. The minimum atomic E-state index is 0.727. The molecule has 2 heterocycles. The Morgan fingerprint density at radius 1 is 1.50 bits per heavy atom. The molecule has 18 heavy (non-hydrogen) atoms. The molecule has 2 aromatic rings. The number of thiazole rings is 1. The van der Waals surface area contributed by atoms with Gasteiger partial charge in [-0.3, -0.25) is 9.78 Å². The Bertz CT molecular complexity index is 524. The van der Waals surface area contributed by atoms with E-state index in [4.69, 9.17) is 0 Å². The Hall–Kier alpha value is -1.75. The fourth-order valence-electron chi connectivity index (χ4n) is 1.69. The molecule has 0 aliphatic heterocycles. The molecule has 2 rings (SSSR count). The molecular formula is C13H15N3OS. The van der Waals surface area contributed by atoms with Gasteiger partial charge in [0.15, 0.2) is 11.4 Å². The van der Waals surface area contributed by atoms with E-state index in [1.54, 1.807) is 6.20 Å². The Labute approximate surface area is 110 Å². The molecule has 0 atom stereocenters. The van der Waals surface area contributed by atoms with Gasteiger partial charge in [-0.1, -0.05) is 24.3 Å². The molecule has 0 fully saturated rings. The summed E-state index contributed by atoms with van der Waals surface area (Å²) in [4.78, 5) is 22.3. The number of anilines is 1. The number of aromatic nitrogens is 2. The summed E-state index contributed by atoms with van der Waals surface area (Å²) >= 11 is 1.44. The number of pyridine rings is 1. The summed E-state index contributed by atoms with van der Waals surface area (Å²) in [5, 5.41) is 0.873. The first-order valence-electron chi connectivity index (χ1n) is 5.79. The van der Waals surface area contributed by atoms with E-state index in [1.807, 2.05) is 37.2 Å². The number of carbonyl (C=O) groups excluding carboxylic acids is 1. The van der Waals surface area contributed by atoms with Gasteiger partial charge in [-0.25, -0.2) is 4.98 Å². The first kappa shape index (κ1) is 12.7. The summed E-state index contributed by atoms with van der Waals surface area (Å²) in [5.74, 6) is 0. The summed E-state index contributed by atoms with van der Waals surface area (Å²) in [6.07, 6.45) is 5.27. The summed E-state index contributed by atoms with van der Waals surface area (Å²) < 4.78 is 0. The molecule has 4 nitrogen and oxygen atoms in total. The van der Waals surface area contributed by atoms with Crippen molar-refractivity contribution in [2.75, 3.05) is 11.9 Å². The molecule has 5 heteroatoms. The van der Waals surface area contributed by atoms with E-state index in [0.29, 0.717) is 0 Å². The van der Waals surface area contributed by atoms with Gasteiger partial charge in [0, 0.05) is 26.0 Å². The Morgan fingerprint density at radius 3 is 2.89 bits per heavy atom. The van der Waals surface area contributed by atoms with Crippen LogP contribution >= 0.6 is 11.3 Å². The zero-order chi connectivity index (χ0) is 13.0.